The molecule has 0 aliphatic carbocycles. The smallest absolute Gasteiger partial charge is 0.233 e. The summed E-state index contributed by atoms with van der Waals surface area (Å²) in [7, 11) is 2.20. The fourth-order valence-electron chi connectivity index (χ4n) is 7.58. The average molecular weight is 533 g/mol. The van der Waals surface area contributed by atoms with Gasteiger partial charge in [0, 0.05) is 61.1 Å². The van der Waals surface area contributed by atoms with Crippen molar-refractivity contribution in [3.63, 3.8) is 0 Å². The number of likely N-dealkylation sites (N-methyl/N-ethyl adjacent to an activating group) is 1. The molecule has 0 amide bonds. The molecule has 3 fully saturated rings. The number of nitrogens with zero attached hydrogens (tertiary/aromatic N) is 5. The average Bonchev–Trinajstić information content (AvgIpc) is 3.52. The van der Waals surface area contributed by atoms with Gasteiger partial charge < -0.3 is 15.0 Å². The molecular weight excluding hydrogens is 496 g/mol. The minimum absolute atomic E-state index is 0.110. The molecule has 0 saturated carbocycles. The molecule has 2 bridgehead atoms. The third-order valence-corrected chi connectivity index (χ3v) is 9.60. The van der Waals surface area contributed by atoms with Crippen LogP contribution in [0.25, 0.3) is 10.8 Å². The topological polar surface area (TPSA) is 67.7 Å². The predicted octanol–water partition coefficient (Wildman–Crippen LogP) is 3.89. The molecule has 0 spiro atoms. The van der Waals surface area contributed by atoms with Crippen LogP contribution in [-0.4, -0.2) is 72.4 Å². The van der Waals surface area contributed by atoms with Crippen molar-refractivity contribution >= 4 is 16.5 Å². The lowest BCUT2D eigenvalue weighted by molar-refractivity contribution is -0.0644. The number of benzene rings is 2. The molecule has 2 aromatic carbocycles. The van der Waals surface area contributed by atoms with Gasteiger partial charge in [-0.3, -0.25) is 9.80 Å². The number of nitrogens with one attached hydrogen (secondary N) is 1. The van der Waals surface area contributed by atoms with E-state index in [0.29, 0.717) is 36.1 Å². The molecule has 40 heavy (non-hydrogen) atoms. The van der Waals surface area contributed by atoms with Gasteiger partial charge in [0.25, 0.3) is 0 Å². The van der Waals surface area contributed by atoms with Gasteiger partial charge in [-0.15, -0.1) is 6.42 Å². The Morgan fingerprint density at radius 3 is 2.62 bits per heavy atom. The van der Waals surface area contributed by atoms with Gasteiger partial charge in [0.2, 0.25) is 5.88 Å². The standard InChI is InChI=1S/C33H36N6O/c1-3-22-7-4-8-23-9-5-10-29(31(22)23)38-16-14-24-18-36-32(27(17-34)28(24)21-38)40-33(30-11-6-15-37(30)2)39-25-12-13-26(39)20-35-19-25/h1,4-5,7-10,18,25-26,30,33,35H,6,11-16,19-21H2,2H3/t25-,26+,30-,33?/m0/s1. The van der Waals surface area contributed by atoms with Gasteiger partial charge in [0.15, 0.2) is 6.23 Å². The third-order valence-electron chi connectivity index (χ3n) is 9.60. The minimum Gasteiger partial charge on any atom is -0.456 e. The molecule has 3 aromatic rings. The normalized spacial score (nSPS) is 25.4. The largest absolute Gasteiger partial charge is 0.456 e. The van der Waals surface area contributed by atoms with Gasteiger partial charge in [-0.1, -0.05) is 30.2 Å². The quantitative estimate of drug-likeness (QED) is 0.500. The van der Waals surface area contributed by atoms with E-state index in [1.807, 2.05) is 18.3 Å². The maximum Gasteiger partial charge on any atom is 0.233 e. The highest BCUT2D eigenvalue weighted by Crippen LogP contribution is 2.38. The number of hydrogen-bond acceptors (Lipinski definition) is 7. The SMILES string of the molecule is C#Cc1cccc2cccc(N3CCc4cnc(OC([C@@H]5CCCN5C)N5[C@@H]6CC[C@H]5CNC6)c(C#N)c4C3)c12. The van der Waals surface area contributed by atoms with E-state index in [1.165, 1.54) is 19.3 Å². The molecule has 4 aliphatic rings. The van der Waals surface area contributed by atoms with E-state index in [2.05, 4.69) is 63.3 Å². The van der Waals surface area contributed by atoms with Crippen LogP contribution in [0.3, 0.4) is 0 Å². The van der Waals surface area contributed by atoms with E-state index in [4.69, 9.17) is 16.1 Å². The summed E-state index contributed by atoms with van der Waals surface area (Å²) in [6.45, 7) is 4.54. The van der Waals surface area contributed by atoms with Crippen molar-refractivity contribution in [3.8, 4) is 24.3 Å². The zero-order valence-corrected chi connectivity index (χ0v) is 23.1. The maximum atomic E-state index is 10.5. The molecule has 7 heteroatoms. The Morgan fingerprint density at radius 2 is 1.90 bits per heavy atom. The maximum absolute atomic E-state index is 10.5. The molecular formula is C33H36N6O. The third kappa shape index (κ3) is 4.21. The summed E-state index contributed by atoms with van der Waals surface area (Å²) in [6, 6.07) is 16.2. The Bertz CT molecular complexity index is 1500. The van der Waals surface area contributed by atoms with Crippen molar-refractivity contribution < 1.29 is 4.74 Å². The Labute approximate surface area is 236 Å². The number of fused-ring (bicyclic) bond motifs is 4. The lowest BCUT2D eigenvalue weighted by atomic mass is 9.95. The van der Waals surface area contributed by atoms with E-state index in [9.17, 15) is 5.26 Å². The second-order valence-corrected chi connectivity index (χ2v) is 11.7. The van der Waals surface area contributed by atoms with Gasteiger partial charge in [-0.25, -0.2) is 4.98 Å². The molecule has 1 unspecified atom stereocenters. The van der Waals surface area contributed by atoms with E-state index < -0.39 is 0 Å². The van der Waals surface area contributed by atoms with Gasteiger partial charge in [0.1, 0.15) is 11.6 Å². The van der Waals surface area contributed by atoms with Crippen molar-refractivity contribution in [3.05, 3.63) is 64.8 Å². The second-order valence-electron chi connectivity index (χ2n) is 11.7. The van der Waals surface area contributed by atoms with E-state index >= 15 is 0 Å². The van der Waals surface area contributed by atoms with Crippen LogP contribution in [0.2, 0.25) is 0 Å². The van der Waals surface area contributed by atoms with Gasteiger partial charge >= 0.3 is 0 Å². The van der Waals surface area contributed by atoms with E-state index in [0.717, 1.165) is 72.2 Å². The van der Waals surface area contributed by atoms with Crippen molar-refractivity contribution in [2.45, 2.75) is 63.0 Å². The van der Waals surface area contributed by atoms with Crippen molar-refractivity contribution in [2.75, 3.05) is 38.1 Å². The number of aromatic nitrogens is 1. The highest BCUT2D eigenvalue weighted by molar-refractivity contribution is 5.98. The first kappa shape index (κ1) is 25.4. The summed E-state index contributed by atoms with van der Waals surface area (Å²) in [6.07, 6.45) is 13.2. The first-order valence-corrected chi connectivity index (χ1v) is 14.7. The lowest BCUT2D eigenvalue weighted by Gasteiger charge is -2.44. The molecule has 3 saturated heterocycles. The van der Waals surface area contributed by atoms with Crippen LogP contribution < -0.4 is 15.0 Å². The zero-order chi connectivity index (χ0) is 27.2. The molecule has 7 rings (SSSR count). The van der Waals surface area contributed by atoms with Gasteiger partial charge in [-0.2, -0.15) is 5.26 Å². The Balaban J connectivity index is 1.25. The Kier molecular flexibility index (Phi) is 6.60. The summed E-state index contributed by atoms with van der Waals surface area (Å²) in [5.74, 6) is 3.35. The molecule has 204 valence electrons. The number of pyridine rings is 1. The number of rotatable bonds is 5. The van der Waals surface area contributed by atoms with Crippen LogP contribution >= 0.6 is 0 Å². The predicted molar refractivity (Wildman–Crippen MR) is 157 cm³/mol. The van der Waals surface area contributed by atoms with Gasteiger partial charge in [0.05, 0.1) is 6.04 Å². The summed E-state index contributed by atoms with van der Waals surface area (Å²) < 4.78 is 6.90. The van der Waals surface area contributed by atoms with Crippen LogP contribution in [-0.2, 0) is 13.0 Å². The summed E-state index contributed by atoms with van der Waals surface area (Å²) in [5, 5.41) is 16.3. The summed E-state index contributed by atoms with van der Waals surface area (Å²) in [4.78, 5) is 12.2. The summed E-state index contributed by atoms with van der Waals surface area (Å²) in [5.41, 5.74) is 4.74. The molecule has 4 atom stereocenters. The van der Waals surface area contributed by atoms with Crippen LogP contribution in [0.4, 0.5) is 5.69 Å². The summed E-state index contributed by atoms with van der Waals surface area (Å²) >= 11 is 0. The van der Waals surface area contributed by atoms with E-state index in [1.54, 1.807) is 0 Å². The zero-order valence-electron chi connectivity index (χ0n) is 23.1. The monoisotopic (exact) mass is 532 g/mol. The molecule has 7 nitrogen and oxygen atoms in total. The molecule has 1 aromatic heterocycles. The first-order chi connectivity index (χ1) is 19.7. The second kappa shape index (κ2) is 10.4. The number of nitriles is 1. The Morgan fingerprint density at radius 1 is 1.10 bits per heavy atom. The Hall–Kier alpha value is -3.62. The highest BCUT2D eigenvalue weighted by Gasteiger charge is 2.46. The molecule has 0 radical (unpaired) electrons. The molecule has 1 N–H and O–H groups in total. The number of hydrogen-bond donors (Lipinski definition) is 1. The fourth-order valence-corrected chi connectivity index (χ4v) is 7.58. The van der Waals surface area contributed by atoms with Crippen LogP contribution in [0.5, 0.6) is 5.88 Å². The minimum atomic E-state index is -0.110. The number of piperazine rings is 1. The van der Waals surface area contributed by atoms with Crippen LogP contribution in [0.15, 0.2) is 42.6 Å². The number of likely N-dealkylation sites (tertiary alicyclic amines) is 1. The lowest BCUT2D eigenvalue weighted by Crippen LogP contribution is -2.62. The van der Waals surface area contributed by atoms with Crippen LogP contribution in [0, 0.1) is 23.7 Å². The van der Waals surface area contributed by atoms with E-state index in [-0.39, 0.29) is 6.23 Å². The first-order valence-electron chi connectivity index (χ1n) is 14.7. The number of terminal acetylenes is 1. The van der Waals surface area contributed by atoms with Crippen LogP contribution in [0.1, 0.15) is 47.9 Å². The van der Waals surface area contributed by atoms with Crippen molar-refractivity contribution in [2.24, 2.45) is 0 Å². The highest BCUT2D eigenvalue weighted by atomic mass is 16.5. The number of anilines is 1. The van der Waals surface area contributed by atoms with Gasteiger partial charge in [-0.05, 0) is 74.3 Å². The fraction of sp³-hybridized carbons (Fsp3) is 0.455. The molecule has 5 heterocycles. The number of ether oxygens (including phenoxy) is 1. The van der Waals surface area contributed by atoms with Crippen molar-refractivity contribution in [1.29, 1.82) is 5.26 Å². The van der Waals surface area contributed by atoms with Crippen molar-refractivity contribution in [1.82, 2.24) is 20.1 Å². The molecule has 4 aliphatic heterocycles.